The molecule has 2 aromatic heterocycles. The van der Waals surface area contributed by atoms with Crippen molar-refractivity contribution in [1.29, 1.82) is 0 Å². The van der Waals surface area contributed by atoms with Crippen LogP contribution in [0.4, 0.5) is 5.82 Å². The topological polar surface area (TPSA) is 67.6 Å². The molecule has 3 aromatic rings. The molecule has 0 spiro atoms. The number of hydrogen-bond acceptors (Lipinski definition) is 3. The van der Waals surface area contributed by atoms with E-state index in [0.717, 1.165) is 27.0 Å². The van der Waals surface area contributed by atoms with Crippen LogP contribution in [0.1, 0.15) is 5.56 Å². The lowest BCUT2D eigenvalue weighted by molar-refractivity contribution is 1.10. The molecular formula is C15H13BrN4. The molecule has 3 rings (SSSR count). The zero-order chi connectivity index (χ0) is 14.1. The van der Waals surface area contributed by atoms with Gasteiger partial charge in [0.1, 0.15) is 0 Å². The fourth-order valence-corrected chi connectivity index (χ4v) is 2.46. The fraction of sp³-hybridized carbons (Fsp3) is 0.0667. The van der Waals surface area contributed by atoms with E-state index in [1.165, 1.54) is 5.56 Å². The monoisotopic (exact) mass is 328 g/mol. The minimum absolute atomic E-state index is 0.454. The second-order valence-electron chi connectivity index (χ2n) is 4.54. The van der Waals surface area contributed by atoms with Gasteiger partial charge in [0, 0.05) is 16.2 Å². The average molecular weight is 329 g/mol. The number of nitrogens with one attached hydrogen (secondary N) is 1. The molecule has 0 radical (unpaired) electrons. The summed E-state index contributed by atoms with van der Waals surface area (Å²) in [6.45, 7) is 2.05. The average Bonchev–Trinajstić information content (AvgIpc) is 2.85. The molecule has 0 aliphatic rings. The number of anilines is 1. The van der Waals surface area contributed by atoms with Gasteiger partial charge in [0.2, 0.25) is 0 Å². The number of nitrogens with two attached hydrogens (primary N) is 1. The van der Waals surface area contributed by atoms with Crippen molar-refractivity contribution in [3.63, 3.8) is 0 Å². The lowest BCUT2D eigenvalue weighted by atomic mass is 10.0. The molecule has 0 saturated heterocycles. The van der Waals surface area contributed by atoms with Crippen LogP contribution in [-0.4, -0.2) is 15.2 Å². The Bertz CT molecular complexity index is 750. The summed E-state index contributed by atoms with van der Waals surface area (Å²) >= 11 is 3.55. The molecule has 0 fully saturated rings. The summed E-state index contributed by atoms with van der Waals surface area (Å²) in [5.41, 5.74) is 10.7. The first-order chi connectivity index (χ1) is 9.66. The van der Waals surface area contributed by atoms with Gasteiger partial charge in [-0.25, -0.2) is 0 Å². The van der Waals surface area contributed by atoms with Crippen LogP contribution in [0.3, 0.4) is 0 Å². The number of H-pyrrole nitrogens is 1. The van der Waals surface area contributed by atoms with Crippen molar-refractivity contribution in [2.75, 3.05) is 5.73 Å². The normalized spacial score (nSPS) is 10.7. The van der Waals surface area contributed by atoms with Crippen molar-refractivity contribution in [2.45, 2.75) is 6.92 Å². The summed E-state index contributed by atoms with van der Waals surface area (Å²) < 4.78 is 1.05. The van der Waals surface area contributed by atoms with Gasteiger partial charge in [0.05, 0.1) is 17.0 Å². The standard InChI is InChI=1S/C15H13BrN4/c1-9-5-6-10(8-11(9)16)14-13(15(17)20-19-14)12-4-2-3-7-18-12/h2-8H,1H3,(H3,17,19,20). The molecule has 100 valence electrons. The van der Waals surface area contributed by atoms with Crippen molar-refractivity contribution >= 4 is 21.7 Å². The third-order valence-electron chi connectivity index (χ3n) is 3.18. The fourth-order valence-electron chi connectivity index (χ4n) is 2.08. The molecule has 2 heterocycles. The maximum absolute atomic E-state index is 5.98. The number of nitrogens with zero attached hydrogens (tertiary/aromatic N) is 2. The first kappa shape index (κ1) is 12.9. The minimum Gasteiger partial charge on any atom is -0.382 e. The lowest BCUT2D eigenvalue weighted by Crippen LogP contribution is -1.91. The van der Waals surface area contributed by atoms with Crippen molar-refractivity contribution in [3.8, 4) is 22.5 Å². The van der Waals surface area contributed by atoms with E-state index in [-0.39, 0.29) is 0 Å². The first-order valence-corrected chi connectivity index (χ1v) is 6.98. The summed E-state index contributed by atoms with van der Waals surface area (Å²) in [6, 6.07) is 11.9. The predicted molar refractivity (Wildman–Crippen MR) is 84.1 cm³/mol. The van der Waals surface area contributed by atoms with Crippen LogP contribution in [0.2, 0.25) is 0 Å². The zero-order valence-corrected chi connectivity index (χ0v) is 12.5. The molecule has 4 nitrogen and oxygen atoms in total. The van der Waals surface area contributed by atoms with E-state index in [1.807, 2.05) is 24.3 Å². The summed E-state index contributed by atoms with van der Waals surface area (Å²) in [4.78, 5) is 4.36. The zero-order valence-electron chi connectivity index (χ0n) is 10.9. The molecule has 0 aliphatic carbocycles. The maximum Gasteiger partial charge on any atom is 0.155 e. The molecule has 0 atom stereocenters. The van der Waals surface area contributed by atoms with Gasteiger partial charge in [-0.1, -0.05) is 34.1 Å². The number of hydrogen-bond donors (Lipinski definition) is 2. The summed E-state index contributed by atoms with van der Waals surface area (Å²) in [5, 5.41) is 7.12. The van der Waals surface area contributed by atoms with Gasteiger partial charge in [-0.05, 0) is 30.7 Å². The lowest BCUT2D eigenvalue weighted by Gasteiger charge is -2.06. The van der Waals surface area contributed by atoms with Crippen molar-refractivity contribution < 1.29 is 0 Å². The van der Waals surface area contributed by atoms with Crippen molar-refractivity contribution in [2.24, 2.45) is 0 Å². The first-order valence-electron chi connectivity index (χ1n) is 6.18. The molecule has 0 saturated carbocycles. The predicted octanol–water partition coefficient (Wildman–Crippen LogP) is 3.79. The third-order valence-corrected chi connectivity index (χ3v) is 4.03. The number of nitrogen functional groups attached to an aromatic ring is 1. The van der Waals surface area contributed by atoms with Gasteiger partial charge in [-0.2, -0.15) is 5.10 Å². The van der Waals surface area contributed by atoms with Gasteiger partial charge < -0.3 is 5.73 Å². The molecule has 0 unspecified atom stereocenters. The smallest absolute Gasteiger partial charge is 0.155 e. The Kier molecular flexibility index (Phi) is 3.28. The van der Waals surface area contributed by atoms with Gasteiger partial charge in [0.15, 0.2) is 5.82 Å². The van der Waals surface area contributed by atoms with Crippen LogP contribution >= 0.6 is 15.9 Å². The maximum atomic E-state index is 5.98. The third kappa shape index (κ3) is 2.20. The van der Waals surface area contributed by atoms with Gasteiger partial charge >= 0.3 is 0 Å². The summed E-state index contributed by atoms with van der Waals surface area (Å²) in [7, 11) is 0. The number of halogens is 1. The Hall–Kier alpha value is -2.14. The Morgan fingerprint density at radius 1 is 1.20 bits per heavy atom. The van der Waals surface area contributed by atoms with Crippen molar-refractivity contribution in [3.05, 3.63) is 52.6 Å². The SMILES string of the molecule is Cc1ccc(-c2[nH]nc(N)c2-c2ccccn2)cc1Br. The minimum atomic E-state index is 0.454. The molecule has 1 aromatic carbocycles. The number of pyridine rings is 1. The molecular weight excluding hydrogens is 316 g/mol. The van der Waals surface area contributed by atoms with E-state index >= 15 is 0 Å². The van der Waals surface area contributed by atoms with Crippen LogP contribution in [-0.2, 0) is 0 Å². The number of aryl methyl sites for hydroxylation is 1. The van der Waals surface area contributed by atoms with Crippen LogP contribution < -0.4 is 5.73 Å². The second kappa shape index (κ2) is 5.09. The van der Waals surface area contributed by atoms with E-state index in [0.29, 0.717) is 5.82 Å². The molecule has 0 aliphatic heterocycles. The van der Waals surface area contributed by atoms with Gasteiger partial charge in [-0.15, -0.1) is 0 Å². The van der Waals surface area contributed by atoms with E-state index in [4.69, 9.17) is 5.73 Å². The van der Waals surface area contributed by atoms with Crippen LogP contribution in [0.15, 0.2) is 47.1 Å². The van der Waals surface area contributed by atoms with E-state index in [2.05, 4.69) is 50.2 Å². The largest absolute Gasteiger partial charge is 0.382 e. The highest BCUT2D eigenvalue weighted by Crippen LogP contribution is 2.34. The molecule has 20 heavy (non-hydrogen) atoms. The second-order valence-corrected chi connectivity index (χ2v) is 5.39. The Balaban J connectivity index is 2.18. The Labute approximate surface area is 125 Å². The van der Waals surface area contributed by atoms with E-state index < -0.39 is 0 Å². The van der Waals surface area contributed by atoms with Crippen LogP contribution in [0, 0.1) is 6.92 Å². The van der Waals surface area contributed by atoms with E-state index in [9.17, 15) is 0 Å². The molecule has 5 heteroatoms. The number of rotatable bonds is 2. The highest BCUT2D eigenvalue weighted by atomic mass is 79.9. The van der Waals surface area contributed by atoms with Crippen LogP contribution in [0.5, 0.6) is 0 Å². The quantitative estimate of drug-likeness (QED) is 0.752. The van der Waals surface area contributed by atoms with Gasteiger partial charge in [0.25, 0.3) is 0 Å². The van der Waals surface area contributed by atoms with Crippen molar-refractivity contribution in [1.82, 2.24) is 15.2 Å². The Morgan fingerprint density at radius 3 is 2.75 bits per heavy atom. The molecule has 0 bridgehead atoms. The summed E-state index contributed by atoms with van der Waals surface area (Å²) in [5.74, 6) is 0.454. The number of benzene rings is 1. The molecule has 0 amide bonds. The number of aromatic nitrogens is 3. The van der Waals surface area contributed by atoms with Gasteiger partial charge in [-0.3, -0.25) is 10.1 Å². The van der Waals surface area contributed by atoms with E-state index in [1.54, 1.807) is 6.20 Å². The highest BCUT2D eigenvalue weighted by Gasteiger charge is 2.16. The highest BCUT2D eigenvalue weighted by molar-refractivity contribution is 9.10. The number of aromatic amines is 1. The molecule has 3 N–H and O–H groups in total. The summed E-state index contributed by atoms with van der Waals surface area (Å²) in [6.07, 6.45) is 1.75. The van der Waals surface area contributed by atoms with Crippen LogP contribution in [0.25, 0.3) is 22.5 Å². The Morgan fingerprint density at radius 2 is 2.05 bits per heavy atom.